The van der Waals surface area contributed by atoms with Crippen LogP contribution in [0.4, 0.5) is 5.69 Å². The number of rotatable bonds is 5. The quantitative estimate of drug-likeness (QED) is 0.563. The van der Waals surface area contributed by atoms with Crippen molar-refractivity contribution in [3.63, 3.8) is 0 Å². The predicted molar refractivity (Wildman–Crippen MR) is 92.4 cm³/mol. The Balaban J connectivity index is 1.54. The van der Waals surface area contributed by atoms with Crippen LogP contribution < -0.4 is 0 Å². The molecular weight excluding hydrogens is 286 g/mol. The van der Waals surface area contributed by atoms with Gasteiger partial charge in [0.1, 0.15) is 0 Å². The molecule has 0 atom stereocenters. The maximum absolute atomic E-state index is 11.1. The molecule has 1 aliphatic rings. The van der Waals surface area contributed by atoms with Gasteiger partial charge in [0.25, 0.3) is 5.69 Å². The first-order chi connectivity index (χ1) is 11.2. The number of para-hydroxylation sites is 1. The average molecular weight is 309 g/mol. The van der Waals surface area contributed by atoms with Crippen molar-refractivity contribution in [3.05, 3.63) is 75.8 Å². The van der Waals surface area contributed by atoms with Crippen LogP contribution in [0.25, 0.3) is 0 Å². The van der Waals surface area contributed by atoms with E-state index in [9.17, 15) is 10.1 Å². The van der Waals surface area contributed by atoms with Crippen LogP contribution in [-0.4, -0.2) is 4.92 Å². The molecule has 0 heterocycles. The van der Waals surface area contributed by atoms with E-state index in [1.807, 2.05) is 12.1 Å². The summed E-state index contributed by atoms with van der Waals surface area (Å²) in [6, 6.07) is 17.9. The van der Waals surface area contributed by atoms with Crippen LogP contribution in [-0.2, 0) is 12.8 Å². The van der Waals surface area contributed by atoms with Crippen LogP contribution in [0.3, 0.4) is 0 Å². The highest BCUT2D eigenvalue weighted by atomic mass is 16.6. The van der Waals surface area contributed by atoms with Gasteiger partial charge < -0.3 is 0 Å². The third-order valence-electron chi connectivity index (χ3n) is 5.03. The molecule has 0 saturated heterocycles. The van der Waals surface area contributed by atoms with Crippen molar-refractivity contribution in [2.45, 2.75) is 38.5 Å². The number of nitrogens with zero attached hydrogens (tertiary/aromatic N) is 1. The summed E-state index contributed by atoms with van der Waals surface area (Å²) in [5.74, 6) is 1.35. The molecule has 1 aliphatic carbocycles. The molecule has 0 N–H and O–H groups in total. The summed E-state index contributed by atoms with van der Waals surface area (Å²) in [7, 11) is 0. The van der Waals surface area contributed by atoms with Crippen molar-refractivity contribution >= 4 is 5.69 Å². The molecule has 2 aromatic rings. The van der Waals surface area contributed by atoms with Gasteiger partial charge in [0, 0.05) is 11.6 Å². The molecule has 0 bridgehead atoms. The molecule has 3 rings (SSSR count). The standard InChI is InChI=1S/C20H23NO2/c22-21(23)20-9-5-4-8-19(20)15-18-12-10-17(11-13-18)14-16-6-2-1-3-7-16/h1-9,17-18H,10-15H2. The van der Waals surface area contributed by atoms with Gasteiger partial charge in [-0.05, 0) is 55.9 Å². The van der Waals surface area contributed by atoms with E-state index >= 15 is 0 Å². The van der Waals surface area contributed by atoms with Crippen LogP contribution in [0.1, 0.15) is 36.8 Å². The number of hydrogen-bond acceptors (Lipinski definition) is 2. The minimum Gasteiger partial charge on any atom is -0.258 e. The second kappa shape index (κ2) is 7.40. The number of hydrogen-bond donors (Lipinski definition) is 0. The minimum atomic E-state index is -0.254. The first-order valence-corrected chi connectivity index (χ1v) is 8.48. The molecule has 0 aromatic heterocycles. The lowest BCUT2D eigenvalue weighted by atomic mass is 9.77. The van der Waals surface area contributed by atoms with Gasteiger partial charge in [-0.2, -0.15) is 0 Å². The first-order valence-electron chi connectivity index (χ1n) is 8.48. The molecule has 1 saturated carbocycles. The number of nitro benzene ring substituents is 1. The van der Waals surface area contributed by atoms with Crippen molar-refractivity contribution in [3.8, 4) is 0 Å². The fraction of sp³-hybridized carbons (Fsp3) is 0.400. The Hall–Kier alpha value is -2.16. The summed E-state index contributed by atoms with van der Waals surface area (Å²) in [4.78, 5) is 10.9. The highest BCUT2D eigenvalue weighted by molar-refractivity contribution is 5.40. The van der Waals surface area contributed by atoms with Crippen LogP contribution >= 0.6 is 0 Å². The van der Waals surface area contributed by atoms with Crippen molar-refractivity contribution in [1.82, 2.24) is 0 Å². The minimum absolute atomic E-state index is 0.254. The SMILES string of the molecule is O=[N+]([O-])c1ccccc1CC1CCC(Cc2ccccc2)CC1. The molecule has 0 spiro atoms. The number of benzene rings is 2. The molecule has 2 aromatic carbocycles. The summed E-state index contributed by atoms with van der Waals surface area (Å²) in [6.45, 7) is 0. The highest BCUT2D eigenvalue weighted by Gasteiger charge is 2.24. The molecular formula is C20H23NO2. The molecule has 3 nitrogen and oxygen atoms in total. The van der Waals surface area contributed by atoms with Crippen LogP contribution in [0.15, 0.2) is 54.6 Å². The molecule has 120 valence electrons. The summed E-state index contributed by atoms with van der Waals surface area (Å²) in [6.07, 6.45) is 6.85. The summed E-state index contributed by atoms with van der Waals surface area (Å²) >= 11 is 0. The third-order valence-corrected chi connectivity index (χ3v) is 5.03. The number of nitro groups is 1. The Morgan fingerprint density at radius 3 is 2.04 bits per heavy atom. The van der Waals surface area contributed by atoms with E-state index in [0.717, 1.165) is 17.9 Å². The van der Waals surface area contributed by atoms with Gasteiger partial charge in [0.05, 0.1) is 4.92 Å². The topological polar surface area (TPSA) is 43.1 Å². The molecule has 3 heteroatoms. The average Bonchev–Trinajstić information content (AvgIpc) is 2.58. The summed E-state index contributed by atoms with van der Waals surface area (Å²) < 4.78 is 0. The normalized spacial score (nSPS) is 21.0. The van der Waals surface area contributed by atoms with Gasteiger partial charge >= 0.3 is 0 Å². The smallest absolute Gasteiger partial charge is 0.258 e. The maximum Gasteiger partial charge on any atom is 0.272 e. The molecule has 0 aliphatic heterocycles. The Kier molecular flexibility index (Phi) is 5.06. The van der Waals surface area contributed by atoms with E-state index in [4.69, 9.17) is 0 Å². The molecule has 0 unspecified atom stereocenters. The van der Waals surface area contributed by atoms with Gasteiger partial charge in [-0.3, -0.25) is 10.1 Å². The van der Waals surface area contributed by atoms with Gasteiger partial charge in [-0.15, -0.1) is 0 Å². The Bertz CT molecular complexity index is 646. The molecule has 1 fully saturated rings. The molecule has 23 heavy (non-hydrogen) atoms. The Morgan fingerprint density at radius 2 is 1.39 bits per heavy atom. The second-order valence-corrected chi connectivity index (χ2v) is 6.67. The lowest BCUT2D eigenvalue weighted by Crippen LogP contribution is -2.18. The lowest BCUT2D eigenvalue weighted by Gasteiger charge is -2.28. The van der Waals surface area contributed by atoms with Crippen molar-refractivity contribution in [1.29, 1.82) is 0 Å². The fourth-order valence-electron chi connectivity index (χ4n) is 3.76. The predicted octanol–water partition coefficient (Wildman–Crippen LogP) is 5.19. The lowest BCUT2D eigenvalue weighted by molar-refractivity contribution is -0.385. The zero-order valence-corrected chi connectivity index (χ0v) is 13.4. The van der Waals surface area contributed by atoms with E-state index in [1.54, 1.807) is 12.1 Å². The monoisotopic (exact) mass is 309 g/mol. The third kappa shape index (κ3) is 4.19. The largest absolute Gasteiger partial charge is 0.272 e. The van der Waals surface area contributed by atoms with E-state index < -0.39 is 0 Å². The van der Waals surface area contributed by atoms with Crippen molar-refractivity contribution < 1.29 is 4.92 Å². The van der Waals surface area contributed by atoms with E-state index in [1.165, 1.54) is 37.7 Å². The second-order valence-electron chi connectivity index (χ2n) is 6.67. The van der Waals surface area contributed by atoms with Gasteiger partial charge in [-0.25, -0.2) is 0 Å². The summed E-state index contributed by atoms with van der Waals surface area (Å²) in [5.41, 5.74) is 2.59. The summed E-state index contributed by atoms with van der Waals surface area (Å²) in [5, 5.41) is 11.1. The Morgan fingerprint density at radius 1 is 0.826 bits per heavy atom. The van der Waals surface area contributed by atoms with Gasteiger partial charge in [-0.1, -0.05) is 48.5 Å². The van der Waals surface area contributed by atoms with Gasteiger partial charge in [0.15, 0.2) is 0 Å². The van der Waals surface area contributed by atoms with Crippen molar-refractivity contribution in [2.24, 2.45) is 11.8 Å². The van der Waals surface area contributed by atoms with E-state index in [-0.39, 0.29) is 10.6 Å². The van der Waals surface area contributed by atoms with Gasteiger partial charge in [0.2, 0.25) is 0 Å². The molecule has 0 amide bonds. The van der Waals surface area contributed by atoms with Crippen LogP contribution in [0, 0.1) is 22.0 Å². The zero-order chi connectivity index (χ0) is 16.1. The fourth-order valence-corrected chi connectivity index (χ4v) is 3.76. The molecule has 0 radical (unpaired) electrons. The van der Waals surface area contributed by atoms with E-state index in [0.29, 0.717) is 5.92 Å². The first kappa shape index (κ1) is 15.7. The zero-order valence-electron chi connectivity index (χ0n) is 13.4. The van der Waals surface area contributed by atoms with E-state index in [2.05, 4.69) is 30.3 Å². The highest BCUT2D eigenvalue weighted by Crippen LogP contribution is 2.34. The Labute approximate surface area is 137 Å². The van der Waals surface area contributed by atoms with Crippen LogP contribution in [0.2, 0.25) is 0 Å². The maximum atomic E-state index is 11.1. The van der Waals surface area contributed by atoms with Crippen LogP contribution in [0.5, 0.6) is 0 Å². The van der Waals surface area contributed by atoms with Crippen molar-refractivity contribution in [2.75, 3.05) is 0 Å².